The van der Waals surface area contributed by atoms with Crippen molar-refractivity contribution in [1.29, 1.82) is 0 Å². The fraction of sp³-hybridized carbons (Fsp3) is 0.300. The van der Waals surface area contributed by atoms with Crippen LogP contribution in [-0.4, -0.2) is 35.8 Å². The molecule has 1 fully saturated rings. The van der Waals surface area contributed by atoms with E-state index in [9.17, 15) is 8.42 Å². The molecule has 1 aliphatic heterocycles. The lowest BCUT2D eigenvalue weighted by atomic mass is 10.2. The molecule has 5 nitrogen and oxygen atoms in total. The molecule has 2 aromatic heterocycles. The molecule has 0 spiro atoms. The van der Waals surface area contributed by atoms with Crippen molar-refractivity contribution in [2.45, 2.75) is 30.6 Å². The van der Waals surface area contributed by atoms with E-state index >= 15 is 0 Å². The van der Waals surface area contributed by atoms with Crippen LogP contribution in [0, 0.1) is 0 Å². The second-order valence-corrected chi connectivity index (χ2v) is 9.42. The van der Waals surface area contributed by atoms with E-state index in [0.29, 0.717) is 18.0 Å². The monoisotopic (exact) mass is 399 g/mol. The molecule has 0 atom stereocenters. The molecule has 0 N–H and O–H groups in total. The predicted molar refractivity (Wildman–Crippen MR) is 108 cm³/mol. The Balaban J connectivity index is 1.56. The molecule has 0 saturated carbocycles. The van der Waals surface area contributed by atoms with Crippen molar-refractivity contribution in [3.8, 4) is 21.8 Å². The van der Waals surface area contributed by atoms with Crippen molar-refractivity contribution >= 4 is 21.4 Å². The number of aromatic nitrogens is 2. The van der Waals surface area contributed by atoms with Gasteiger partial charge in [0, 0.05) is 42.0 Å². The summed E-state index contributed by atoms with van der Waals surface area (Å²) in [5.74, 6) is 0. The fourth-order valence-corrected chi connectivity index (χ4v) is 5.59. The summed E-state index contributed by atoms with van der Waals surface area (Å²) in [5, 5.41) is 2.89. The number of rotatable bonds is 4. The first-order valence-corrected chi connectivity index (χ1v) is 11.4. The van der Waals surface area contributed by atoms with Gasteiger partial charge in [0.25, 0.3) is 0 Å². The van der Waals surface area contributed by atoms with Gasteiger partial charge in [-0.3, -0.25) is 4.98 Å². The smallest absolute Gasteiger partial charge is 0.243 e. The number of benzene rings is 1. The molecular weight excluding hydrogens is 378 g/mol. The molecule has 4 rings (SSSR count). The average molecular weight is 400 g/mol. The molecule has 1 saturated heterocycles. The van der Waals surface area contributed by atoms with Gasteiger partial charge in [0.05, 0.1) is 10.6 Å². The summed E-state index contributed by atoms with van der Waals surface area (Å²) in [4.78, 5) is 9.15. The lowest BCUT2D eigenvalue weighted by Gasteiger charge is -2.19. The van der Waals surface area contributed by atoms with Gasteiger partial charge < -0.3 is 0 Å². The minimum atomic E-state index is -3.41. The Morgan fingerprint density at radius 2 is 1.67 bits per heavy atom. The molecule has 27 heavy (non-hydrogen) atoms. The number of pyridine rings is 1. The van der Waals surface area contributed by atoms with Gasteiger partial charge in [-0.05, 0) is 37.1 Å². The molecule has 1 aliphatic rings. The molecule has 140 valence electrons. The van der Waals surface area contributed by atoms with E-state index < -0.39 is 10.0 Å². The van der Waals surface area contributed by atoms with Crippen molar-refractivity contribution in [3.63, 3.8) is 0 Å². The van der Waals surface area contributed by atoms with Crippen LogP contribution in [0.3, 0.4) is 0 Å². The topological polar surface area (TPSA) is 63.2 Å². The van der Waals surface area contributed by atoms with E-state index in [-0.39, 0.29) is 0 Å². The third-order valence-corrected chi connectivity index (χ3v) is 7.57. The molecule has 0 amide bonds. The molecular formula is C20H21N3O2S2. The Morgan fingerprint density at radius 1 is 0.926 bits per heavy atom. The van der Waals surface area contributed by atoms with Crippen LogP contribution >= 0.6 is 11.3 Å². The molecule has 0 unspecified atom stereocenters. The van der Waals surface area contributed by atoms with Crippen LogP contribution in [0.4, 0.5) is 0 Å². The summed E-state index contributed by atoms with van der Waals surface area (Å²) in [7, 11) is -3.41. The molecule has 0 aliphatic carbocycles. The average Bonchev–Trinajstić information content (AvgIpc) is 3.03. The van der Waals surface area contributed by atoms with E-state index in [1.807, 2.05) is 29.6 Å². The van der Waals surface area contributed by atoms with E-state index in [4.69, 9.17) is 0 Å². The van der Waals surface area contributed by atoms with Gasteiger partial charge in [-0.2, -0.15) is 4.31 Å². The third-order valence-electron chi connectivity index (χ3n) is 4.77. The van der Waals surface area contributed by atoms with Gasteiger partial charge in [-0.1, -0.05) is 25.0 Å². The first-order chi connectivity index (χ1) is 13.1. The van der Waals surface area contributed by atoms with Gasteiger partial charge >= 0.3 is 0 Å². The number of sulfonamides is 1. The third kappa shape index (κ3) is 3.95. The Hall–Kier alpha value is -2.09. The summed E-state index contributed by atoms with van der Waals surface area (Å²) < 4.78 is 27.4. The maximum Gasteiger partial charge on any atom is 0.243 e. The summed E-state index contributed by atoms with van der Waals surface area (Å²) in [5.41, 5.74) is 2.74. The lowest BCUT2D eigenvalue weighted by Crippen LogP contribution is -2.31. The maximum absolute atomic E-state index is 12.9. The van der Waals surface area contributed by atoms with Crippen LogP contribution < -0.4 is 0 Å². The van der Waals surface area contributed by atoms with Crippen LogP contribution in [-0.2, 0) is 10.0 Å². The maximum atomic E-state index is 12.9. The quantitative estimate of drug-likeness (QED) is 0.651. The summed E-state index contributed by atoms with van der Waals surface area (Å²) in [6.45, 7) is 1.23. The Morgan fingerprint density at radius 3 is 2.33 bits per heavy atom. The Kier molecular flexibility index (Phi) is 5.33. The van der Waals surface area contributed by atoms with Gasteiger partial charge in [-0.25, -0.2) is 13.4 Å². The zero-order valence-corrected chi connectivity index (χ0v) is 16.5. The van der Waals surface area contributed by atoms with Gasteiger partial charge in [0.15, 0.2) is 0 Å². The molecule has 3 heterocycles. The minimum Gasteiger partial charge on any atom is -0.264 e. The summed E-state index contributed by atoms with van der Waals surface area (Å²) in [6, 6.07) is 10.9. The van der Waals surface area contributed by atoms with E-state index in [1.165, 1.54) is 0 Å². The highest BCUT2D eigenvalue weighted by molar-refractivity contribution is 7.89. The Bertz CT molecular complexity index is 991. The zero-order valence-electron chi connectivity index (χ0n) is 14.9. The van der Waals surface area contributed by atoms with Crippen LogP contribution in [0.2, 0.25) is 0 Å². The van der Waals surface area contributed by atoms with E-state index in [0.717, 1.165) is 47.5 Å². The number of nitrogens with zero attached hydrogens (tertiary/aromatic N) is 3. The highest BCUT2D eigenvalue weighted by Gasteiger charge is 2.25. The molecule has 7 heteroatoms. The van der Waals surface area contributed by atoms with Crippen molar-refractivity contribution in [2.75, 3.05) is 13.1 Å². The van der Waals surface area contributed by atoms with Crippen LogP contribution in [0.5, 0.6) is 0 Å². The normalized spacial score (nSPS) is 16.1. The van der Waals surface area contributed by atoms with Crippen molar-refractivity contribution in [3.05, 3.63) is 54.2 Å². The highest BCUT2D eigenvalue weighted by Crippen LogP contribution is 2.29. The number of hydrogen-bond donors (Lipinski definition) is 0. The number of thiazole rings is 1. The van der Waals surface area contributed by atoms with Crippen molar-refractivity contribution < 1.29 is 8.42 Å². The first kappa shape index (κ1) is 18.3. The molecule has 0 radical (unpaired) electrons. The minimum absolute atomic E-state index is 0.357. The SMILES string of the molecule is O=S(=O)(c1ccc(-c2csc(-c3cccnc3)n2)cc1)N1CCCCCC1. The first-order valence-electron chi connectivity index (χ1n) is 9.11. The fourth-order valence-electron chi connectivity index (χ4n) is 3.26. The van der Waals surface area contributed by atoms with Gasteiger partial charge in [-0.15, -0.1) is 11.3 Å². The standard InChI is InChI=1S/C20H21N3O2S2/c24-27(25,23-12-3-1-2-4-13-23)18-9-7-16(8-10-18)19-15-26-20(22-19)17-6-5-11-21-14-17/h5-11,14-15H,1-4,12-13H2. The zero-order chi connectivity index (χ0) is 18.7. The summed E-state index contributed by atoms with van der Waals surface area (Å²) in [6.07, 6.45) is 7.61. The van der Waals surface area contributed by atoms with Crippen molar-refractivity contribution in [1.82, 2.24) is 14.3 Å². The largest absolute Gasteiger partial charge is 0.264 e. The van der Waals surface area contributed by atoms with Gasteiger partial charge in [0.1, 0.15) is 5.01 Å². The predicted octanol–water partition coefficient (Wildman–Crippen LogP) is 4.44. The molecule has 1 aromatic carbocycles. The molecule has 0 bridgehead atoms. The van der Waals surface area contributed by atoms with Crippen LogP contribution in [0.25, 0.3) is 21.8 Å². The molecule has 3 aromatic rings. The van der Waals surface area contributed by atoms with Crippen LogP contribution in [0.1, 0.15) is 25.7 Å². The Labute approximate surface area is 163 Å². The summed E-state index contributed by atoms with van der Waals surface area (Å²) >= 11 is 1.55. The van der Waals surface area contributed by atoms with Crippen molar-refractivity contribution in [2.24, 2.45) is 0 Å². The van der Waals surface area contributed by atoms with E-state index in [2.05, 4.69) is 9.97 Å². The number of hydrogen-bond acceptors (Lipinski definition) is 5. The van der Waals surface area contributed by atoms with Gasteiger partial charge in [0.2, 0.25) is 10.0 Å². The van der Waals surface area contributed by atoms with Crippen LogP contribution in [0.15, 0.2) is 59.1 Å². The lowest BCUT2D eigenvalue weighted by molar-refractivity contribution is 0.424. The second-order valence-electron chi connectivity index (χ2n) is 6.62. The highest BCUT2D eigenvalue weighted by atomic mass is 32.2. The van der Waals surface area contributed by atoms with E-state index in [1.54, 1.807) is 40.2 Å². The second kappa shape index (κ2) is 7.88.